The maximum atomic E-state index is 5.67. The average Bonchev–Trinajstić information content (AvgIpc) is 2.12. The molecule has 72 valence electrons. The molecule has 0 aliphatic heterocycles. The minimum atomic E-state index is 0.778. The lowest BCUT2D eigenvalue weighted by Crippen LogP contribution is -1.92. The van der Waals surface area contributed by atoms with Crippen molar-refractivity contribution in [1.82, 2.24) is 4.98 Å². The van der Waals surface area contributed by atoms with E-state index in [0.29, 0.717) is 0 Å². The number of nitrogens with two attached hydrogens (primary N) is 1. The number of aromatic nitrogens is 1. The van der Waals surface area contributed by atoms with Gasteiger partial charge in [-0.05, 0) is 30.7 Å². The summed E-state index contributed by atoms with van der Waals surface area (Å²) in [6.45, 7) is 4.21. The molecule has 1 aromatic heterocycles. The van der Waals surface area contributed by atoms with E-state index < -0.39 is 0 Å². The van der Waals surface area contributed by atoms with Crippen LogP contribution >= 0.6 is 11.8 Å². The van der Waals surface area contributed by atoms with Crippen LogP contribution in [0, 0.1) is 6.92 Å². The molecule has 0 saturated heterocycles. The molecule has 13 heavy (non-hydrogen) atoms. The Labute approximate surface area is 83.9 Å². The van der Waals surface area contributed by atoms with Crippen molar-refractivity contribution >= 4 is 17.4 Å². The van der Waals surface area contributed by atoms with E-state index in [4.69, 9.17) is 5.73 Å². The lowest BCUT2D eigenvalue weighted by molar-refractivity contribution is 0.894. The van der Waals surface area contributed by atoms with Gasteiger partial charge in [0.05, 0.1) is 16.9 Å². The molecule has 0 aliphatic rings. The van der Waals surface area contributed by atoms with Gasteiger partial charge in [0.15, 0.2) is 0 Å². The smallest absolute Gasteiger partial charge is 0.0964 e. The summed E-state index contributed by atoms with van der Waals surface area (Å²) in [7, 11) is 0. The van der Waals surface area contributed by atoms with Gasteiger partial charge in [0.2, 0.25) is 0 Å². The molecule has 0 amide bonds. The first-order valence-electron chi connectivity index (χ1n) is 4.59. The molecule has 1 rings (SSSR count). The van der Waals surface area contributed by atoms with Gasteiger partial charge in [0.1, 0.15) is 0 Å². The van der Waals surface area contributed by atoms with Gasteiger partial charge in [-0.2, -0.15) is 0 Å². The highest BCUT2D eigenvalue weighted by molar-refractivity contribution is 7.99. The summed E-state index contributed by atoms with van der Waals surface area (Å²) >= 11 is 1.80. The fraction of sp³-hybridized carbons (Fsp3) is 0.500. The Morgan fingerprint density at radius 3 is 2.92 bits per heavy atom. The monoisotopic (exact) mass is 196 g/mol. The Kier molecular flexibility index (Phi) is 4.09. The number of pyridine rings is 1. The number of nitrogen functional groups attached to an aromatic ring is 1. The number of aryl methyl sites for hydroxylation is 1. The molecule has 1 aromatic rings. The fourth-order valence-corrected chi connectivity index (χ4v) is 1.97. The zero-order valence-electron chi connectivity index (χ0n) is 8.21. The van der Waals surface area contributed by atoms with E-state index in [1.807, 2.05) is 6.92 Å². The number of unbranched alkanes of at least 4 members (excludes halogenated alkanes) is 1. The van der Waals surface area contributed by atoms with Crippen LogP contribution in [0.5, 0.6) is 0 Å². The third-order valence-electron chi connectivity index (χ3n) is 1.87. The molecule has 0 saturated carbocycles. The average molecular weight is 196 g/mol. The van der Waals surface area contributed by atoms with Gasteiger partial charge in [-0.25, -0.2) is 4.98 Å². The first kappa shape index (κ1) is 10.4. The molecular weight excluding hydrogens is 180 g/mol. The van der Waals surface area contributed by atoms with Crippen molar-refractivity contribution in [1.29, 1.82) is 0 Å². The van der Waals surface area contributed by atoms with Gasteiger partial charge in [0.25, 0.3) is 0 Å². The van der Waals surface area contributed by atoms with Crippen LogP contribution in [0.15, 0.2) is 17.3 Å². The van der Waals surface area contributed by atoms with Crippen molar-refractivity contribution in [3.63, 3.8) is 0 Å². The maximum absolute atomic E-state index is 5.67. The highest BCUT2D eigenvalue weighted by Gasteiger charge is 1.98. The number of anilines is 1. The van der Waals surface area contributed by atoms with Gasteiger partial charge in [-0.3, -0.25) is 0 Å². The van der Waals surface area contributed by atoms with Gasteiger partial charge in [0, 0.05) is 0 Å². The van der Waals surface area contributed by atoms with Crippen LogP contribution in [0.2, 0.25) is 0 Å². The van der Waals surface area contributed by atoms with E-state index in [0.717, 1.165) is 22.0 Å². The zero-order valence-corrected chi connectivity index (χ0v) is 9.03. The van der Waals surface area contributed by atoms with Crippen molar-refractivity contribution in [3.8, 4) is 0 Å². The van der Waals surface area contributed by atoms with Crippen LogP contribution in [0.1, 0.15) is 25.3 Å². The molecule has 2 N–H and O–H groups in total. The summed E-state index contributed by atoms with van der Waals surface area (Å²) in [6.07, 6.45) is 4.22. The molecular formula is C10H16N2S. The van der Waals surface area contributed by atoms with Gasteiger partial charge in [-0.1, -0.05) is 13.3 Å². The van der Waals surface area contributed by atoms with Gasteiger partial charge >= 0.3 is 0 Å². The van der Waals surface area contributed by atoms with E-state index >= 15 is 0 Å². The van der Waals surface area contributed by atoms with Gasteiger partial charge < -0.3 is 5.73 Å². The van der Waals surface area contributed by atoms with Crippen LogP contribution in [0.3, 0.4) is 0 Å². The number of hydrogen-bond donors (Lipinski definition) is 1. The fourth-order valence-electron chi connectivity index (χ4n) is 0.941. The second kappa shape index (κ2) is 5.12. The molecule has 0 fully saturated rings. The van der Waals surface area contributed by atoms with E-state index in [-0.39, 0.29) is 0 Å². The standard InChI is InChI=1S/C10H16N2S/c1-3-4-5-13-10-6-8(2)9(11)7-12-10/h6-7H,3-5,11H2,1-2H3. The normalized spacial score (nSPS) is 10.3. The topological polar surface area (TPSA) is 38.9 Å². The summed E-state index contributed by atoms with van der Waals surface area (Å²) in [6, 6.07) is 2.05. The molecule has 1 heterocycles. The molecule has 2 nitrogen and oxygen atoms in total. The lowest BCUT2D eigenvalue weighted by Gasteiger charge is -2.02. The predicted molar refractivity (Wildman–Crippen MR) is 59.0 cm³/mol. The number of thioether (sulfide) groups is 1. The molecule has 0 bridgehead atoms. The minimum Gasteiger partial charge on any atom is -0.397 e. The largest absolute Gasteiger partial charge is 0.397 e. The van der Waals surface area contributed by atoms with E-state index in [2.05, 4.69) is 18.0 Å². The molecule has 0 atom stereocenters. The van der Waals surface area contributed by atoms with Crippen LogP contribution in [0.4, 0.5) is 5.69 Å². The predicted octanol–water partition coefficient (Wildman–Crippen LogP) is 2.86. The summed E-state index contributed by atoms with van der Waals surface area (Å²) in [5.41, 5.74) is 7.57. The second-order valence-corrected chi connectivity index (χ2v) is 4.20. The number of hydrogen-bond acceptors (Lipinski definition) is 3. The molecule has 0 aliphatic carbocycles. The Hall–Kier alpha value is -0.700. The second-order valence-electron chi connectivity index (χ2n) is 3.08. The molecule has 0 aromatic carbocycles. The highest BCUT2D eigenvalue weighted by atomic mass is 32.2. The summed E-state index contributed by atoms with van der Waals surface area (Å²) in [4.78, 5) is 4.25. The molecule has 0 unspecified atom stereocenters. The Balaban J connectivity index is 2.53. The molecule has 3 heteroatoms. The molecule has 0 radical (unpaired) electrons. The van der Waals surface area contributed by atoms with Gasteiger partial charge in [-0.15, -0.1) is 11.8 Å². The van der Waals surface area contributed by atoms with Crippen LogP contribution < -0.4 is 5.73 Å². The number of rotatable bonds is 4. The van der Waals surface area contributed by atoms with Crippen molar-refractivity contribution in [2.45, 2.75) is 31.7 Å². The van der Waals surface area contributed by atoms with Crippen molar-refractivity contribution in [2.75, 3.05) is 11.5 Å². The SMILES string of the molecule is CCCCSc1cc(C)c(N)cn1. The quantitative estimate of drug-likeness (QED) is 0.594. The summed E-state index contributed by atoms with van der Waals surface area (Å²) in [5, 5.41) is 1.08. The van der Waals surface area contributed by atoms with Crippen molar-refractivity contribution in [3.05, 3.63) is 17.8 Å². The van der Waals surface area contributed by atoms with Crippen LogP contribution in [0.25, 0.3) is 0 Å². The molecule has 0 spiro atoms. The van der Waals surface area contributed by atoms with Crippen LogP contribution in [-0.2, 0) is 0 Å². The first-order chi connectivity index (χ1) is 6.24. The Morgan fingerprint density at radius 2 is 2.31 bits per heavy atom. The lowest BCUT2D eigenvalue weighted by atomic mass is 10.3. The van der Waals surface area contributed by atoms with Crippen molar-refractivity contribution < 1.29 is 0 Å². The van der Waals surface area contributed by atoms with Crippen LogP contribution in [-0.4, -0.2) is 10.7 Å². The third kappa shape index (κ3) is 3.27. The van der Waals surface area contributed by atoms with E-state index in [9.17, 15) is 0 Å². The Bertz CT molecular complexity index is 274. The summed E-state index contributed by atoms with van der Waals surface area (Å²) < 4.78 is 0. The minimum absolute atomic E-state index is 0.778. The zero-order chi connectivity index (χ0) is 9.68. The van der Waals surface area contributed by atoms with E-state index in [1.54, 1.807) is 18.0 Å². The Morgan fingerprint density at radius 1 is 1.54 bits per heavy atom. The first-order valence-corrected chi connectivity index (χ1v) is 5.57. The third-order valence-corrected chi connectivity index (χ3v) is 2.89. The van der Waals surface area contributed by atoms with E-state index in [1.165, 1.54) is 12.8 Å². The van der Waals surface area contributed by atoms with Crippen molar-refractivity contribution in [2.24, 2.45) is 0 Å². The summed E-state index contributed by atoms with van der Waals surface area (Å²) in [5.74, 6) is 1.15. The maximum Gasteiger partial charge on any atom is 0.0964 e. The number of nitrogens with zero attached hydrogens (tertiary/aromatic N) is 1. The highest BCUT2D eigenvalue weighted by Crippen LogP contribution is 2.20.